The highest BCUT2D eigenvalue weighted by molar-refractivity contribution is 6.08. The zero-order valence-electron chi connectivity index (χ0n) is 16.5. The van der Waals surface area contributed by atoms with Crippen LogP contribution in [0.2, 0.25) is 0 Å². The Balaban J connectivity index is 1.85. The molecule has 0 amide bonds. The van der Waals surface area contributed by atoms with Crippen LogP contribution in [-0.2, 0) is 6.54 Å². The van der Waals surface area contributed by atoms with Crippen molar-refractivity contribution in [2.45, 2.75) is 25.9 Å². The van der Waals surface area contributed by atoms with E-state index in [1.807, 2.05) is 49.1 Å². The summed E-state index contributed by atoms with van der Waals surface area (Å²) in [7, 11) is 1.82. The van der Waals surface area contributed by atoms with Crippen LogP contribution in [0, 0.1) is 12.3 Å². The van der Waals surface area contributed by atoms with Crippen LogP contribution in [0.4, 0.5) is 5.69 Å². The van der Waals surface area contributed by atoms with Gasteiger partial charge in [0, 0.05) is 37.1 Å². The number of aryl methyl sites for hydroxylation is 2. The molecular weight excluding hydrogens is 364 g/mol. The zero-order chi connectivity index (χ0) is 20.4. The fourth-order valence-corrected chi connectivity index (χ4v) is 3.84. The molecule has 7 heteroatoms. The summed E-state index contributed by atoms with van der Waals surface area (Å²) in [4.78, 5) is 0. The van der Waals surface area contributed by atoms with E-state index >= 15 is 0 Å². The summed E-state index contributed by atoms with van der Waals surface area (Å²) in [6.07, 6.45) is 3.95. The molecule has 1 atom stereocenters. The van der Waals surface area contributed by atoms with Crippen LogP contribution in [0.15, 0.2) is 48.7 Å². The number of phenolic OH excluding ortho intramolecular Hbond substituents is 1. The first-order valence-electron chi connectivity index (χ1n) is 9.59. The van der Waals surface area contributed by atoms with Gasteiger partial charge >= 0.3 is 0 Å². The van der Waals surface area contributed by atoms with Crippen molar-refractivity contribution < 1.29 is 5.11 Å². The summed E-state index contributed by atoms with van der Waals surface area (Å²) < 4.78 is 1.95. The summed E-state index contributed by atoms with van der Waals surface area (Å²) in [5.41, 5.74) is 6.51. The number of nitrogens with zero attached hydrogens (tertiary/aromatic N) is 3. The zero-order valence-corrected chi connectivity index (χ0v) is 16.5. The van der Waals surface area contributed by atoms with Gasteiger partial charge in [-0.1, -0.05) is 29.5 Å². The number of fused-ring (bicyclic) bond motifs is 3. The van der Waals surface area contributed by atoms with Crippen LogP contribution in [0.5, 0.6) is 5.75 Å². The Bertz CT molecular complexity index is 1080. The number of phenols is 1. The third kappa shape index (κ3) is 3.47. The molecule has 4 rings (SSSR count). The second-order valence-corrected chi connectivity index (χ2v) is 7.08. The average molecular weight is 388 g/mol. The second-order valence-electron chi connectivity index (χ2n) is 7.08. The smallest absolute Gasteiger partial charge is 0.138 e. The fourth-order valence-electron chi connectivity index (χ4n) is 3.84. The van der Waals surface area contributed by atoms with Crippen molar-refractivity contribution in [3.63, 3.8) is 0 Å². The number of hydrogen-bond donors (Lipinski definition) is 4. The molecule has 0 bridgehead atoms. The molecule has 4 N–H and O–H groups in total. The highest BCUT2D eigenvalue weighted by atomic mass is 16.3. The van der Waals surface area contributed by atoms with Crippen molar-refractivity contribution in [1.82, 2.24) is 20.3 Å². The van der Waals surface area contributed by atoms with Gasteiger partial charge in [0.05, 0.1) is 23.1 Å². The summed E-state index contributed by atoms with van der Waals surface area (Å²) in [5, 5.41) is 33.1. The molecule has 3 aromatic rings. The molecule has 2 aromatic carbocycles. The fraction of sp³-hybridized carbons (Fsp3) is 0.227. The van der Waals surface area contributed by atoms with E-state index in [9.17, 15) is 5.11 Å². The molecule has 0 spiro atoms. The van der Waals surface area contributed by atoms with Crippen LogP contribution >= 0.6 is 0 Å². The highest BCUT2D eigenvalue weighted by Gasteiger charge is 2.26. The lowest BCUT2D eigenvalue weighted by Crippen LogP contribution is -2.13. The molecule has 0 saturated carbocycles. The van der Waals surface area contributed by atoms with Crippen molar-refractivity contribution in [1.29, 1.82) is 5.41 Å². The number of hydrogen-bond acceptors (Lipinski definition) is 6. The highest BCUT2D eigenvalue weighted by Crippen LogP contribution is 2.39. The molecule has 1 unspecified atom stereocenters. The maximum Gasteiger partial charge on any atom is 0.138 e. The van der Waals surface area contributed by atoms with E-state index in [4.69, 9.17) is 5.41 Å². The van der Waals surface area contributed by atoms with E-state index in [0.717, 1.165) is 46.6 Å². The normalized spacial score (nSPS) is 15.8. The summed E-state index contributed by atoms with van der Waals surface area (Å²) >= 11 is 0. The molecule has 148 valence electrons. The van der Waals surface area contributed by atoms with Crippen molar-refractivity contribution in [3.8, 4) is 17.0 Å². The molecule has 0 fully saturated rings. The van der Waals surface area contributed by atoms with E-state index < -0.39 is 0 Å². The topological polar surface area (TPSA) is 98.8 Å². The Labute approximate surface area is 169 Å². The van der Waals surface area contributed by atoms with Gasteiger partial charge in [0.1, 0.15) is 5.75 Å². The lowest BCUT2D eigenvalue weighted by Gasteiger charge is -2.22. The lowest BCUT2D eigenvalue weighted by molar-refractivity contribution is 0.475. The standard InChI is InChI=1S/C22H24N6O/c1-14-22-17-8-7-15(16(12-23)13-24-2)11-18(17)19(9-10-28(22)27-26-14)25-20-5-3-4-6-21(20)29/h3-8,11-13,19,23-25,29H,9-10H2,1-2H3/b16-13+,23-12?. The molecule has 0 radical (unpaired) electrons. The largest absolute Gasteiger partial charge is 0.506 e. The van der Waals surface area contributed by atoms with Gasteiger partial charge in [-0.2, -0.15) is 0 Å². The number of aromatic hydroxyl groups is 1. The first-order chi connectivity index (χ1) is 14.1. The van der Waals surface area contributed by atoms with Crippen LogP contribution in [0.25, 0.3) is 16.8 Å². The number of para-hydroxylation sites is 2. The van der Waals surface area contributed by atoms with Crippen LogP contribution in [-0.4, -0.2) is 33.4 Å². The summed E-state index contributed by atoms with van der Waals surface area (Å²) in [5.74, 6) is 0.222. The maximum atomic E-state index is 10.3. The van der Waals surface area contributed by atoms with Crippen molar-refractivity contribution in [3.05, 3.63) is 65.5 Å². The van der Waals surface area contributed by atoms with Gasteiger partial charge < -0.3 is 21.1 Å². The molecule has 0 aliphatic carbocycles. The number of aromatic nitrogens is 3. The van der Waals surface area contributed by atoms with Crippen molar-refractivity contribution >= 4 is 17.5 Å². The van der Waals surface area contributed by atoms with Gasteiger partial charge in [-0.3, -0.25) is 0 Å². The molecule has 1 aliphatic heterocycles. The second kappa shape index (κ2) is 7.79. The predicted molar refractivity (Wildman–Crippen MR) is 115 cm³/mol. The average Bonchev–Trinajstić information content (AvgIpc) is 3.02. The van der Waals surface area contributed by atoms with Gasteiger partial charge in [0.25, 0.3) is 0 Å². The minimum atomic E-state index is -0.0269. The lowest BCUT2D eigenvalue weighted by atomic mass is 9.92. The minimum absolute atomic E-state index is 0.0269. The molecule has 1 aromatic heterocycles. The van der Waals surface area contributed by atoms with Gasteiger partial charge in [-0.15, -0.1) is 5.10 Å². The predicted octanol–water partition coefficient (Wildman–Crippen LogP) is 3.73. The number of nitrogens with one attached hydrogen (secondary N) is 3. The Morgan fingerprint density at radius 2 is 2.10 bits per heavy atom. The Kier molecular flexibility index (Phi) is 5.03. The molecule has 2 heterocycles. The quantitative estimate of drug-likeness (QED) is 0.394. The molecule has 7 nitrogen and oxygen atoms in total. The molecule has 1 aliphatic rings. The van der Waals surface area contributed by atoms with Crippen molar-refractivity contribution in [2.75, 3.05) is 12.4 Å². The number of benzene rings is 2. The first kappa shape index (κ1) is 18.7. The number of anilines is 1. The third-order valence-electron chi connectivity index (χ3n) is 5.24. The van der Waals surface area contributed by atoms with E-state index in [1.54, 1.807) is 6.07 Å². The van der Waals surface area contributed by atoms with Crippen LogP contribution in [0.3, 0.4) is 0 Å². The van der Waals surface area contributed by atoms with Crippen LogP contribution < -0.4 is 10.6 Å². The Hall–Kier alpha value is -3.61. The number of allylic oxidation sites excluding steroid dienone is 1. The summed E-state index contributed by atoms with van der Waals surface area (Å²) in [6, 6.07) is 13.4. The van der Waals surface area contributed by atoms with Crippen LogP contribution in [0.1, 0.15) is 29.3 Å². The van der Waals surface area contributed by atoms with Gasteiger partial charge in [-0.25, -0.2) is 4.68 Å². The van der Waals surface area contributed by atoms with E-state index in [0.29, 0.717) is 5.69 Å². The van der Waals surface area contributed by atoms with Crippen molar-refractivity contribution in [2.24, 2.45) is 0 Å². The monoisotopic (exact) mass is 388 g/mol. The first-order valence-corrected chi connectivity index (χ1v) is 9.59. The maximum absolute atomic E-state index is 10.3. The van der Waals surface area contributed by atoms with E-state index in [-0.39, 0.29) is 11.8 Å². The van der Waals surface area contributed by atoms with Gasteiger partial charge in [0.15, 0.2) is 0 Å². The summed E-state index contributed by atoms with van der Waals surface area (Å²) in [6.45, 7) is 2.69. The Morgan fingerprint density at radius 3 is 2.86 bits per heavy atom. The van der Waals surface area contributed by atoms with E-state index in [2.05, 4.69) is 33.1 Å². The number of rotatable bonds is 5. The molecule has 0 saturated heterocycles. The molecular formula is C22H24N6O. The van der Waals surface area contributed by atoms with E-state index in [1.165, 1.54) is 6.21 Å². The molecule has 29 heavy (non-hydrogen) atoms. The minimum Gasteiger partial charge on any atom is -0.506 e. The third-order valence-corrected chi connectivity index (χ3v) is 5.24. The Morgan fingerprint density at radius 1 is 1.28 bits per heavy atom. The van der Waals surface area contributed by atoms with Gasteiger partial charge in [0.2, 0.25) is 0 Å². The SMILES string of the molecule is CN/C=C(\C=N)c1ccc2c(c1)C(Nc1ccccc1O)CCn1nnc(C)c1-2. The van der Waals surface area contributed by atoms with Gasteiger partial charge in [-0.05, 0) is 42.7 Å².